The fraction of sp³-hybridized carbons (Fsp3) is 0.562. The van der Waals surface area contributed by atoms with E-state index < -0.39 is 6.10 Å². The second-order valence-corrected chi connectivity index (χ2v) is 5.88. The molecule has 1 aromatic rings. The monoisotopic (exact) mass is 292 g/mol. The lowest BCUT2D eigenvalue weighted by Crippen LogP contribution is -2.40. The van der Waals surface area contributed by atoms with Gasteiger partial charge in [-0.2, -0.15) is 0 Å². The number of nitrogens with one attached hydrogen (secondary N) is 2. The van der Waals surface area contributed by atoms with Crippen molar-refractivity contribution in [1.29, 1.82) is 0 Å². The van der Waals surface area contributed by atoms with Crippen LogP contribution in [-0.2, 0) is 11.3 Å². The summed E-state index contributed by atoms with van der Waals surface area (Å²) in [6.45, 7) is 5.76. The minimum atomic E-state index is -0.428. The summed E-state index contributed by atoms with van der Waals surface area (Å²) >= 11 is 0. The van der Waals surface area contributed by atoms with E-state index >= 15 is 0 Å². The first kappa shape index (κ1) is 15.8. The molecule has 0 unspecified atom stereocenters. The summed E-state index contributed by atoms with van der Waals surface area (Å²) in [6, 6.07) is 7.43. The topological polar surface area (TPSA) is 70.6 Å². The van der Waals surface area contributed by atoms with Crippen LogP contribution in [0.4, 0.5) is 0 Å². The van der Waals surface area contributed by atoms with E-state index in [2.05, 4.69) is 24.5 Å². The van der Waals surface area contributed by atoms with E-state index in [1.165, 1.54) is 0 Å². The van der Waals surface area contributed by atoms with Crippen molar-refractivity contribution in [3.05, 3.63) is 29.8 Å². The van der Waals surface area contributed by atoms with E-state index in [-0.39, 0.29) is 11.9 Å². The largest absolute Gasteiger partial charge is 0.493 e. The maximum absolute atomic E-state index is 12.0. The lowest BCUT2D eigenvalue weighted by Gasteiger charge is -2.15. The molecule has 1 amide bonds. The summed E-state index contributed by atoms with van der Waals surface area (Å²) in [5.41, 5.74) is 0.963. The Morgan fingerprint density at radius 2 is 2.24 bits per heavy atom. The highest BCUT2D eigenvalue weighted by molar-refractivity contribution is 5.82. The lowest BCUT2D eigenvalue weighted by molar-refractivity contribution is -0.123. The van der Waals surface area contributed by atoms with Crippen molar-refractivity contribution in [2.75, 3.05) is 13.2 Å². The summed E-state index contributed by atoms with van der Waals surface area (Å²) in [4.78, 5) is 12.0. The molecule has 0 aromatic heterocycles. The molecule has 1 fully saturated rings. The summed E-state index contributed by atoms with van der Waals surface area (Å²) in [5, 5.41) is 15.3. The van der Waals surface area contributed by atoms with E-state index in [9.17, 15) is 9.90 Å². The molecule has 0 radical (unpaired) electrons. The Balaban J connectivity index is 1.89. The maximum atomic E-state index is 12.0. The van der Waals surface area contributed by atoms with Gasteiger partial charge in [-0.1, -0.05) is 32.0 Å². The third-order valence-electron chi connectivity index (χ3n) is 3.42. The fourth-order valence-corrected chi connectivity index (χ4v) is 2.27. The van der Waals surface area contributed by atoms with Gasteiger partial charge in [0.05, 0.1) is 18.8 Å². The molecule has 0 bridgehead atoms. The number of aliphatic hydroxyl groups excluding tert-OH is 1. The normalized spacial score (nSPS) is 21.5. The van der Waals surface area contributed by atoms with Gasteiger partial charge in [0.25, 0.3) is 0 Å². The van der Waals surface area contributed by atoms with Gasteiger partial charge >= 0.3 is 0 Å². The molecule has 5 nitrogen and oxygen atoms in total. The molecule has 0 spiro atoms. The molecule has 1 saturated heterocycles. The number of para-hydroxylation sites is 1. The molecule has 1 heterocycles. The molecule has 1 aliphatic heterocycles. The van der Waals surface area contributed by atoms with Crippen molar-refractivity contribution in [2.45, 2.75) is 39.0 Å². The van der Waals surface area contributed by atoms with Gasteiger partial charge in [0.2, 0.25) is 5.91 Å². The van der Waals surface area contributed by atoms with E-state index in [0.29, 0.717) is 32.0 Å². The van der Waals surface area contributed by atoms with Crippen LogP contribution in [0.2, 0.25) is 0 Å². The number of benzene rings is 1. The molecule has 2 rings (SSSR count). The Morgan fingerprint density at radius 3 is 2.90 bits per heavy atom. The average Bonchev–Trinajstić information content (AvgIpc) is 2.90. The molecular formula is C16H24N2O3. The van der Waals surface area contributed by atoms with Crippen LogP contribution in [0.3, 0.4) is 0 Å². The summed E-state index contributed by atoms with van der Waals surface area (Å²) < 4.78 is 5.77. The zero-order valence-electron chi connectivity index (χ0n) is 12.6. The number of carbonyl (C=O) groups is 1. The third kappa shape index (κ3) is 4.72. The molecule has 1 aliphatic rings. The first-order valence-electron chi connectivity index (χ1n) is 7.46. The zero-order valence-corrected chi connectivity index (χ0v) is 12.6. The second-order valence-electron chi connectivity index (χ2n) is 5.88. The smallest absolute Gasteiger partial charge is 0.237 e. The standard InChI is InChI=1S/C16H24N2O3/c1-11(2)10-21-15-6-4-3-5-12(15)8-18-16(20)14-7-13(19)9-17-14/h3-6,11,13-14,17,19H,7-10H2,1-2H3,(H,18,20)/t13-,14+/m0/s1. The highest BCUT2D eigenvalue weighted by Crippen LogP contribution is 2.18. The van der Waals surface area contributed by atoms with Gasteiger partial charge in [0.1, 0.15) is 5.75 Å². The van der Waals surface area contributed by atoms with Gasteiger partial charge in [-0.05, 0) is 18.4 Å². The van der Waals surface area contributed by atoms with Crippen molar-refractivity contribution in [3.8, 4) is 5.75 Å². The van der Waals surface area contributed by atoms with Crippen LogP contribution in [0, 0.1) is 5.92 Å². The van der Waals surface area contributed by atoms with Gasteiger partial charge in [-0.3, -0.25) is 4.79 Å². The Bertz CT molecular complexity index is 476. The van der Waals surface area contributed by atoms with E-state index in [1.54, 1.807) is 0 Å². The van der Waals surface area contributed by atoms with Crippen molar-refractivity contribution in [2.24, 2.45) is 5.92 Å². The number of hydrogen-bond donors (Lipinski definition) is 3. The molecule has 2 atom stereocenters. The number of amides is 1. The number of carbonyl (C=O) groups excluding carboxylic acids is 1. The third-order valence-corrected chi connectivity index (χ3v) is 3.42. The van der Waals surface area contributed by atoms with Gasteiger partial charge in [0.15, 0.2) is 0 Å². The van der Waals surface area contributed by atoms with Gasteiger partial charge in [-0.25, -0.2) is 0 Å². The maximum Gasteiger partial charge on any atom is 0.237 e. The molecule has 5 heteroatoms. The highest BCUT2D eigenvalue weighted by atomic mass is 16.5. The van der Waals surface area contributed by atoms with Crippen LogP contribution >= 0.6 is 0 Å². The second kappa shape index (κ2) is 7.43. The summed E-state index contributed by atoms with van der Waals surface area (Å²) in [7, 11) is 0. The lowest BCUT2D eigenvalue weighted by atomic mass is 10.1. The van der Waals surface area contributed by atoms with Crippen molar-refractivity contribution >= 4 is 5.91 Å². The van der Waals surface area contributed by atoms with Gasteiger partial charge < -0.3 is 20.5 Å². The van der Waals surface area contributed by atoms with Crippen LogP contribution in [0.5, 0.6) is 5.75 Å². The van der Waals surface area contributed by atoms with Crippen molar-refractivity contribution in [1.82, 2.24) is 10.6 Å². The minimum Gasteiger partial charge on any atom is -0.493 e. The number of rotatable bonds is 6. The fourth-order valence-electron chi connectivity index (χ4n) is 2.27. The first-order valence-corrected chi connectivity index (χ1v) is 7.46. The van der Waals surface area contributed by atoms with Crippen LogP contribution in [0.25, 0.3) is 0 Å². The molecule has 116 valence electrons. The predicted octanol–water partition coefficient (Wildman–Crippen LogP) is 1.06. The minimum absolute atomic E-state index is 0.0785. The first-order chi connectivity index (χ1) is 10.1. The molecule has 1 aromatic carbocycles. The van der Waals surface area contributed by atoms with Crippen molar-refractivity contribution in [3.63, 3.8) is 0 Å². The molecule has 0 aliphatic carbocycles. The number of β-amino-alcohol motifs (C(OH)–C–C–N with tert-alkyl or cyclic N) is 1. The quantitative estimate of drug-likeness (QED) is 0.733. The highest BCUT2D eigenvalue weighted by Gasteiger charge is 2.27. The zero-order chi connectivity index (χ0) is 15.2. The Morgan fingerprint density at radius 1 is 1.48 bits per heavy atom. The van der Waals surface area contributed by atoms with Crippen LogP contribution in [0.15, 0.2) is 24.3 Å². The Labute approximate surface area is 125 Å². The van der Waals surface area contributed by atoms with E-state index in [1.807, 2.05) is 24.3 Å². The number of hydrogen-bond acceptors (Lipinski definition) is 4. The molecule has 0 saturated carbocycles. The summed E-state index contributed by atoms with van der Waals surface area (Å²) in [5.74, 6) is 1.19. The molecule has 21 heavy (non-hydrogen) atoms. The molecule has 3 N–H and O–H groups in total. The average molecular weight is 292 g/mol. The summed E-state index contributed by atoms with van der Waals surface area (Å²) in [6.07, 6.45) is 0.0413. The van der Waals surface area contributed by atoms with Crippen LogP contribution in [0.1, 0.15) is 25.8 Å². The van der Waals surface area contributed by atoms with Crippen molar-refractivity contribution < 1.29 is 14.6 Å². The van der Waals surface area contributed by atoms with E-state index in [4.69, 9.17) is 4.74 Å². The SMILES string of the molecule is CC(C)COc1ccccc1CNC(=O)[C@H]1C[C@H](O)CN1. The van der Waals surface area contributed by atoms with Crippen LogP contribution < -0.4 is 15.4 Å². The number of ether oxygens (including phenoxy) is 1. The number of aliphatic hydroxyl groups is 1. The van der Waals surface area contributed by atoms with E-state index in [0.717, 1.165) is 11.3 Å². The van der Waals surface area contributed by atoms with Gasteiger partial charge in [0, 0.05) is 18.7 Å². The predicted molar refractivity (Wildman–Crippen MR) is 81.0 cm³/mol. The molecular weight excluding hydrogens is 268 g/mol. The Hall–Kier alpha value is -1.59. The van der Waals surface area contributed by atoms with Crippen LogP contribution in [-0.4, -0.2) is 36.3 Å². The van der Waals surface area contributed by atoms with Gasteiger partial charge in [-0.15, -0.1) is 0 Å². The Kier molecular flexibility index (Phi) is 5.59.